The third-order valence-corrected chi connectivity index (χ3v) is 6.58. The summed E-state index contributed by atoms with van der Waals surface area (Å²) in [5, 5.41) is 6.19. The monoisotopic (exact) mass is 470 g/mol. The minimum Gasteiger partial charge on any atom is -0.379 e. The van der Waals surface area contributed by atoms with Gasteiger partial charge in [-0.1, -0.05) is 48.0 Å². The van der Waals surface area contributed by atoms with Crippen LogP contribution in [0.15, 0.2) is 0 Å². The van der Waals surface area contributed by atoms with Gasteiger partial charge in [0.05, 0.1) is 18.2 Å². The lowest BCUT2D eigenvalue weighted by atomic mass is 9.90. The predicted molar refractivity (Wildman–Crippen MR) is 134 cm³/mol. The maximum atomic E-state index is 13.6. The molecule has 0 unspecified atom stereocenters. The van der Waals surface area contributed by atoms with E-state index in [9.17, 15) is 14.4 Å². The Labute approximate surface area is 202 Å². The van der Waals surface area contributed by atoms with E-state index in [1.54, 1.807) is 19.1 Å². The molecular formula is C25H50N4O4. The highest BCUT2D eigenvalue weighted by Crippen LogP contribution is 2.23. The summed E-state index contributed by atoms with van der Waals surface area (Å²) in [5.41, 5.74) is 0. The zero-order valence-corrected chi connectivity index (χ0v) is 22.7. The highest BCUT2D eigenvalue weighted by Gasteiger charge is 2.38. The summed E-state index contributed by atoms with van der Waals surface area (Å²) in [6, 6.07) is -1.25. The third kappa shape index (κ3) is 9.71. The molecule has 0 spiro atoms. The Bertz CT molecular complexity index is 585. The largest absolute Gasteiger partial charge is 0.379 e. The van der Waals surface area contributed by atoms with Gasteiger partial charge in [-0.25, -0.2) is 0 Å². The van der Waals surface area contributed by atoms with Crippen LogP contribution in [0, 0.1) is 17.8 Å². The molecule has 0 bridgehead atoms. The Morgan fingerprint density at radius 1 is 1.06 bits per heavy atom. The van der Waals surface area contributed by atoms with E-state index >= 15 is 0 Å². The van der Waals surface area contributed by atoms with Gasteiger partial charge in [0, 0.05) is 20.6 Å². The zero-order valence-electron chi connectivity index (χ0n) is 22.7. The summed E-state index contributed by atoms with van der Waals surface area (Å²) in [5.74, 6) is -0.140. The van der Waals surface area contributed by atoms with Crippen LogP contribution in [0.4, 0.5) is 0 Å². The molecular weight excluding hydrogens is 420 g/mol. The van der Waals surface area contributed by atoms with Gasteiger partial charge in [0.2, 0.25) is 11.8 Å². The van der Waals surface area contributed by atoms with Crippen LogP contribution < -0.4 is 10.6 Å². The molecule has 0 aromatic heterocycles. The van der Waals surface area contributed by atoms with Crippen molar-refractivity contribution in [3.8, 4) is 0 Å². The van der Waals surface area contributed by atoms with Gasteiger partial charge in [-0.15, -0.1) is 0 Å². The standard InChI is InChI=1S/C25H50N4O4/c1-11-19(6)23(20(33-10)13-16-30)29(9)25(32)21(17(2)3)27-24(31)22(18(4)5)28(8)15-12-14-26-7/h16-23,26H,11-15H2,1-10H3,(H,27,31)/t19-,20+,21-,22-,23-/m0/s1. The van der Waals surface area contributed by atoms with Gasteiger partial charge in [0.15, 0.2) is 0 Å². The smallest absolute Gasteiger partial charge is 0.245 e. The van der Waals surface area contributed by atoms with Crippen molar-refractivity contribution in [3.63, 3.8) is 0 Å². The fourth-order valence-corrected chi connectivity index (χ4v) is 4.48. The zero-order chi connectivity index (χ0) is 25.7. The summed E-state index contributed by atoms with van der Waals surface area (Å²) >= 11 is 0. The average molecular weight is 471 g/mol. The summed E-state index contributed by atoms with van der Waals surface area (Å²) < 4.78 is 5.59. The van der Waals surface area contributed by atoms with Crippen molar-refractivity contribution in [2.75, 3.05) is 41.3 Å². The number of likely N-dealkylation sites (N-methyl/N-ethyl adjacent to an activating group) is 2. The second-order valence-electron chi connectivity index (χ2n) is 9.86. The number of hydrogen-bond donors (Lipinski definition) is 2. The molecule has 0 aromatic rings. The predicted octanol–water partition coefficient (Wildman–Crippen LogP) is 2.17. The van der Waals surface area contributed by atoms with Gasteiger partial charge in [0.25, 0.3) is 0 Å². The number of methoxy groups -OCH3 is 1. The number of hydrogen-bond acceptors (Lipinski definition) is 6. The number of nitrogens with one attached hydrogen (secondary N) is 2. The molecule has 2 amide bonds. The highest BCUT2D eigenvalue weighted by atomic mass is 16.5. The van der Waals surface area contributed by atoms with Crippen LogP contribution in [0.3, 0.4) is 0 Å². The van der Waals surface area contributed by atoms with E-state index in [0.717, 1.165) is 32.2 Å². The SMILES string of the molecule is CC[C@H](C)[C@@H]([C@@H](CC=O)OC)N(C)C(=O)[C@@H](NC(=O)[C@H](C(C)C)N(C)CCCNC)C(C)C. The van der Waals surface area contributed by atoms with Crippen molar-refractivity contribution < 1.29 is 19.1 Å². The first-order chi connectivity index (χ1) is 15.5. The molecule has 194 valence electrons. The molecule has 0 rings (SSSR count). The van der Waals surface area contributed by atoms with E-state index in [0.29, 0.717) is 0 Å². The first kappa shape index (κ1) is 31.5. The summed E-state index contributed by atoms with van der Waals surface area (Å²) in [7, 11) is 7.19. The molecule has 33 heavy (non-hydrogen) atoms. The van der Waals surface area contributed by atoms with Crippen molar-refractivity contribution in [1.29, 1.82) is 0 Å². The van der Waals surface area contributed by atoms with E-state index in [4.69, 9.17) is 4.74 Å². The number of aldehydes is 1. The Hall–Kier alpha value is -1.51. The number of rotatable bonds is 17. The number of carbonyl (C=O) groups is 3. The van der Waals surface area contributed by atoms with E-state index < -0.39 is 12.1 Å². The van der Waals surface area contributed by atoms with Crippen LogP contribution in [0.2, 0.25) is 0 Å². The number of carbonyl (C=O) groups excluding carboxylic acids is 3. The number of amides is 2. The normalized spacial score (nSPS) is 16.4. The molecule has 0 aliphatic heterocycles. The molecule has 0 aliphatic carbocycles. The lowest BCUT2D eigenvalue weighted by molar-refractivity contribution is -0.144. The van der Waals surface area contributed by atoms with Crippen molar-refractivity contribution in [1.82, 2.24) is 20.4 Å². The Kier molecular flexibility index (Phi) is 15.4. The van der Waals surface area contributed by atoms with Gasteiger partial charge in [0.1, 0.15) is 12.3 Å². The number of nitrogens with zero attached hydrogens (tertiary/aromatic N) is 2. The maximum Gasteiger partial charge on any atom is 0.245 e. The third-order valence-electron chi connectivity index (χ3n) is 6.58. The molecule has 8 heteroatoms. The van der Waals surface area contributed by atoms with E-state index in [-0.39, 0.29) is 48.1 Å². The molecule has 5 atom stereocenters. The second kappa shape index (κ2) is 16.2. The first-order valence-electron chi connectivity index (χ1n) is 12.4. The summed E-state index contributed by atoms with van der Waals surface area (Å²) in [6.45, 7) is 13.7. The fourth-order valence-electron chi connectivity index (χ4n) is 4.48. The van der Waals surface area contributed by atoms with Crippen molar-refractivity contribution in [2.24, 2.45) is 17.8 Å². The maximum absolute atomic E-state index is 13.6. The number of ether oxygens (including phenoxy) is 1. The fraction of sp³-hybridized carbons (Fsp3) is 0.880. The quantitative estimate of drug-likeness (QED) is 0.250. The van der Waals surface area contributed by atoms with Crippen LogP contribution in [0.1, 0.15) is 60.8 Å². The van der Waals surface area contributed by atoms with Crippen molar-refractivity contribution in [2.45, 2.75) is 85.0 Å². The van der Waals surface area contributed by atoms with Crippen LogP contribution in [-0.4, -0.2) is 93.5 Å². The first-order valence-corrected chi connectivity index (χ1v) is 12.4. The lowest BCUT2D eigenvalue weighted by Gasteiger charge is -2.40. The molecule has 0 fully saturated rings. The summed E-state index contributed by atoms with van der Waals surface area (Å²) in [4.78, 5) is 41.9. The van der Waals surface area contributed by atoms with Crippen molar-refractivity contribution >= 4 is 18.1 Å². The van der Waals surface area contributed by atoms with Crippen molar-refractivity contribution in [3.05, 3.63) is 0 Å². The minimum atomic E-state index is -0.658. The van der Waals surface area contributed by atoms with Crippen LogP contribution in [0.25, 0.3) is 0 Å². The van der Waals surface area contributed by atoms with Crippen LogP contribution in [0.5, 0.6) is 0 Å². The van der Waals surface area contributed by atoms with Gasteiger partial charge in [-0.3, -0.25) is 14.5 Å². The topological polar surface area (TPSA) is 91.0 Å². The molecule has 2 N–H and O–H groups in total. The summed E-state index contributed by atoms with van der Waals surface area (Å²) in [6.07, 6.45) is 2.43. The molecule has 0 heterocycles. The molecule has 0 saturated heterocycles. The van der Waals surface area contributed by atoms with E-state index in [1.807, 2.05) is 41.8 Å². The Morgan fingerprint density at radius 3 is 2.09 bits per heavy atom. The van der Waals surface area contributed by atoms with Gasteiger partial charge in [-0.05, 0) is 51.4 Å². The van der Waals surface area contributed by atoms with Gasteiger partial charge < -0.3 is 25.1 Å². The van der Waals surface area contributed by atoms with Crippen LogP contribution >= 0.6 is 0 Å². The molecule has 8 nitrogen and oxygen atoms in total. The van der Waals surface area contributed by atoms with Gasteiger partial charge >= 0.3 is 0 Å². The molecule has 0 aromatic carbocycles. The molecule has 0 aliphatic rings. The molecule has 0 radical (unpaired) electrons. The van der Waals surface area contributed by atoms with E-state index in [1.165, 1.54) is 0 Å². The lowest BCUT2D eigenvalue weighted by Crippen LogP contribution is -2.59. The second-order valence-corrected chi connectivity index (χ2v) is 9.86. The van der Waals surface area contributed by atoms with Gasteiger partial charge in [-0.2, -0.15) is 0 Å². The molecule has 0 saturated carbocycles. The Morgan fingerprint density at radius 2 is 1.67 bits per heavy atom. The average Bonchev–Trinajstić information content (AvgIpc) is 2.75. The Balaban J connectivity index is 5.72. The highest BCUT2D eigenvalue weighted by molar-refractivity contribution is 5.90. The van der Waals surface area contributed by atoms with Crippen LogP contribution in [-0.2, 0) is 19.1 Å². The van der Waals surface area contributed by atoms with E-state index in [2.05, 4.69) is 29.4 Å². The minimum absolute atomic E-state index is 0.0871.